The molecule has 100 valence electrons. The van der Waals surface area contributed by atoms with E-state index < -0.39 is 5.97 Å². The van der Waals surface area contributed by atoms with Crippen molar-refractivity contribution in [1.29, 1.82) is 0 Å². The molecule has 0 unspecified atom stereocenters. The maximum Gasteiger partial charge on any atom is 0.358 e. The van der Waals surface area contributed by atoms with Gasteiger partial charge in [0.1, 0.15) is 5.82 Å². The number of anilines is 1. The van der Waals surface area contributed by atoms with Crippen molar-refractivity contribution in [2.75, 3.05) is 26.1 Å². The maximum atomic E-state index is 11.7. The van der Waals surface area contributed by atoms with Gasteiger partial charge in [-0.3, -0.25) is 0 Å². The third-order valence-corrected chi connectivity index (χ3v) is 3.32. The van der Waals surface area contributed by atoms with Gasteiger partial charge in [0.25, 0.3) is 0 Å². The monoisotopic (exact) mass is 253 g/mol. The summed E-state index contributed by atoms with van der Waals surface area (Å²) in [5.74, 6) is 0.147. The van der Waals surface area contributed by atoms with Crippen molar-refractivity contribution >= 4 is 11.8 Å². The van der Waals surface area contributed by atoms with E-state index in [-0.39, 0.29) is 6.04 Å². The lowest BCUT2D eigenvalue weighted by Gasteiger charge is -2.23. The largest absolute Gasteiger partial charge is 0.464 e. The van der Waals surface area contributed by atoms with E-state index in [9.17, 15) is 4.79 Å². The Morgan fingerprint density at radius 2 is 2.22 bits per heavy atom. The summed E-state index contributed by atoms with van der Waals surface area (Å²) in [5.41, 5.74) is 7.20. The van der Waals surface area contributed by atoms with Gasteiger partial charge in [0.15, 0.2) is 5.69 Å². The van der Waals surface area contributed by atoms with Gasteiger partial charge in [0, 0.05) is 18.8 Å². The SMILES string of the molecule is CCc1c(C(=O)OC)nn(C2CCOCC2)c1N. The highest BCUT2D eigenvalue weighted by molar-refractivity contribution is 5.90. The Morgan fingerprint density at radius 1 is 1.56 bits per heavy atom. The lowest BCUT2D eigenvalue weighted by atomic mass is 10.1. The van der Waals surface area contributed by atoms with Gasteiger partial charge in [0.2, 0.25) is 0 Å². The van der Waals surface area contributed by atoms with Crippen LogP contribution in [0.25, 0.3) is 0 Å². The van der Waals surface area contributed by atoms with Crippen LogP contribution in [-0.2, 0) is 15.9 Å². The summed E-state index contributed by atoms with van der Waals surface area (Å²) in [4.78, 5) is 11.7. The molecule has 1 aromatic heterocycles. The second kappa shape index (κ2) is 5.39. The Bertz CT molecular complexity index is 436. The Balaban J connectivity index is 2.36. The number of rotatable bonds is 3. The summed E-state index contributed by atoms with van der Waals surface area (Å²) in [6, 6.07) is 0.211. The Labute approximate surface area is 106 Å². The minimum Gasteiger partial charge on any atom is -0.464 e. The highest BCUT2D eigenvalue weighted by Crippen LogP contribution is 2.27. The van der Waals surface area contributed by atoms with Crippen LogP contribution in [0.1, 0.15) is 41.9 Å². The fraction of sp³-hybridized carbons (Fsp3) is 0.667. The third kappa shape index (κ3) is 2.20. The zero-order valence-corrected chi connectivity index (χ0v) is 10.8. The van der Waals surface area contributed by atoms with E-state index in [0.717, 1.165) is 18.4 Å². The fourth-order valence-electron chi connectivity index (χ4n) is 2.30. The molecule has 0 aromatic carbocycles. The van der Waals surface area contributed by atoms with Crippen molar-refractivity contribution in [3.8, 4) is 0 Å². The molecular weight excluding hydrogens is 234 g/mol. The standard InChI is InChI=1S/C12H19N3O3/c1-3-9-10(12(16)17-2)14-15(11(9)13)8-4-6-18-7-5-8/h8H,3-7,13H2,1-2H3. The Morgan fingerprint density at radius 3 is 2.78 bits per heavy atom. The van der Waals surface area contributed by atoms with E-state index in [0.29, 0.717) is 31.1 Å². The second-order valence-corrected chi connectivity index (χ2v) is 4.35. The molecule has 6 nitrogen and oxygen atoms in total. The Kier molecular flexibility index (Phi) is 3.86. The lowest BCUT2D eigenvalue weighted by Crippen LogP contribution is -2.22. The summed E-state index contributed by atoms with van der Waals surface area (Å²) in [6.07, 6.45) is 2.41. The molecule has 0 spiro atoms. The summed E-state index contributed by atoms with van der Waals surface area (Å²) in [6.45, 7) is 3.37. The predicted octanol–water partition coefficient (Wildman–Crippen LogP) is 1.17. The summed E-state index contributed by atoms with van der Waals surface area (Å²) in [7, 11) is 1.35. The number of carbonyl (C=O) groups excluding carboxylic acids is 1. The molecule has 0 amide bonds. The maximum absolute atomic E-state index is 11.7. The first-order valence-corrected chi connectivity index (χ1v) is 6.22. The number of nitrogens with two attached hydrogens (primary N) is 1. The van der Waals surface area contributed by atoms with Crippen LogP contribution in [0.4, 0.5) is 5.82 Å². The predicted molar refractivity (Wildman–Crippen MR) is 66.4 cm³/mol. The molecule has 0 radical (unpaired) electrons. The molecule has 1 fully saturated rings. The number of nitrogens with zero attached hydrogens (tertiary/aromatic N) is 2. The average molecular weight is 253 g/mol. The molecule has 0 atom stereocenters. The van der Waals surface area contributed by atoms with Gasteiger partial charge in [-0.15, -0.1) is 0 Å². The number of hydrogen-bond acceptors (Lipinski definition) is 5. The minimum absolute atomic E-state index is 0.211. The second-order valence-electron chi connectivity index (χ2n) is 4.35. The molecule has 0 aliphatic carbocycles. The summed E-state index contributed by atoms with van der Waals surface area (Å²) < 4.78 is 11.8. The molecule has 6 heteroatoms. The lowest BCUT2D eigenvalue weighted by molar-refractivity contribution is 0.0582. The molecule has 18 heavy (non-hydrogen) atoms. The van der Waals surface area contributed by atoms with Crippen LogP contribution in [0.15, 0.2) is 0 Å². The van der Waals surface area contributed by atoms with E-state index in [2.05, 4.69) is 5.10 Å². The number of ether oxygens (including phenoxy) is 2. The van der Waals surface area contributed by atoms with Gasteiger partial charge < -0.3 is 15.2 Å². The molecule has 2 rings (SSSR count). The van der Waals surface area contributed by atoms with E-state index in [4.69, 9.17) is 15.2 Å². The van der Waals surface area contributed by atoms with Gasteiger partial charge in [-0.25, -0.2) is 9.48 Å². The summed E-state index contributed by atoms with van der Waals surface area (Å²) in [5, 5.41) is 4.34. The highest BCUT2D eigenvalue weighted by Gasteiger charge is 2.25. The quantitative estimate of drug-likeness (QED) is 0.818. The molecule has 1 aliphatic heterocycles. The number of methoxy groups -OCH3 is 1. The molecular formula is C12H19N3O3. The molecule has 2 N–H and O–H groups in total. The van der Waals surface area contributed by atoms with Crippen molar-refractivity contribution in [1.82, 2.24) is 9.78 Å². The first-order chi connectivity index (χ1) is 8.69. The van der Waals surface area contributed by atoms with Crippen LogP contribution in [0.3, 0.4) is 0 Å². The van der Waals surface area contributed by atoms with E-state index in [1.165, 1.54) is 7.11 Å². The van der Waals surface area contributed by atoms with Crippen molar-refractivity contribution in [3.05, 3.63) is 11.3 Å². The first kappa shape index (κ1) is 12.9. The molecule has 1 saturated heterocycles. The van der Waals surface area contributed by atoms with Crippen molar-refractivity contribution < 1.29 is 14.3 Å². The van der Waals surface area contributed by atoms with Gasteiger partial charge >= 0.3 is 5.97 Å². The first-order valence-electron chi connectivity index (χ1n) is 6.22. The molecule has 1 aliphatic rings. The van der Waals surface area contributed by atoms with Crippen LogP contribution in [0.5, 0.6) is 0 Å². The number of esters is 1. The minimum atomic E-state index is -0.427. The van der Waals surface area contributed by atoms with Crippen LogP contribution in [-0.4, -0.2) is 36.1 Å². The van der Waals surface area contributed by atoms with Crippen molar-refractivity contribution in [2.45, 2.75) is 32.2 Å². The number of hydrogen-bond donors (Lipinski definition) is 1. The summed E-state index contributed by atoms with van der Waals surface area (Å²) >= 11 is 0. The van der Waals surface area contributed by atoms with Gasteiger partial charge in [0.05, 0.1) is 13.2 Å². The van der Waals surface area contributed by atoms with Gasteiger partial charge in [-0.1, -0.05) is 6.92 Å². The Hall–Kier alpha value is -1.56. The zero-order valence-electron chi connectivity index (χ0n) is 10.8. The zero-order chi connectivity index (χ0) is 13.1. The van der Waals surface area contributed by atoms with E-state index in [1.54, 1.807) is 4.68 Å². The van der Waals surface area contributed by atoms with E-state index >= 15 is 0 Å². The number of nitrogen functional groups attached to an aromatic ring is 1. The topological polar surface area (TPSA) is 79.4 Å². The molecule has 0 bridgehead atoms. The number of aromatic nitrogens is 2. The molecule has 0 saturated carbocycles. The van der Waals surface area contributed by atoms with Crippen molar-refractivity contribution in [2.24, 2.45) is 0 Å². The smallest absolute Gasteiger partial charge is 0.358 e. The van der Waals surface area contributed by atoms with Gasteiger partial charge in [-0.05, 0) is 19.3 Å². The molecule has 2 heterocycles. The van der Waals surface area contributed by atoms with Crippen LogP contribution < -0.4 is 5.73 Å². The highest BCUT2D eigenvalue weighted by atomic mass is 16.5. The van der Waals surface area contributed by atoms with E-state index in [1.807, 2.05) is 6.92 Å². The normalized spacial score (nSPS) is 16.8. The van der Waals surface area contributed by atoms with Gasteiger partial charge in [-0.2, -0.15) is 5.10 Å². The molecule has 1 aromatic rings. The number of carbonyl (C=O) groups is 1. The van der Waals surface area contributed by atoms with Crippen LogP contribution in [0, 0.1) is 0 Å². The van der Waals surface area contributed by atoms with Crippen molar-refractivity contribution in [3.63, 3.8) is 0 Å². The fourth-order valence-corrected chi connectivity index (χ4v) is 2.30. The average Bonchev–Trinajstić information content (AvgIpc) is 2.75. The van der Waals surface area contributed by atoms with Crippen LogP contribution >= 0.6 is 0 Å². The van der Waals surface area contributed by atoms with Crippen LogP contribution in [0.2, 0.25) is 0 Å². The third-order valence-electron chi connectivity index (χ3n) is 3.32.